The standard InChI is InChI=1S/C18H16ClF3N2O2S/c1-10(27-14-6-4-13(5-7-14)23-11(2)25)17(26)24-16-8-3-12(19)9-15(16)18(20,21)22/h3-10H,1-2H3,(H,23,25)(H,24,26)/t10-/m1/s1. The Labute approximate surface area is 163 Å². The van der Waals surface area contributed by atoms with Crippen LogP contribution in [-0.2, 0) is 15.8 Å². The van der Waals surface area contributed by atoms with Gasteiger partial charge in [0.05, 0.1) is 16.5 Å². The van der Waals surface area contributed by atoms with Crippen molar-refractivity contribution < 1.29 is 22.8 Å². The number of rotatable bonds is 5. The lowest BCUT2D eigenvalue weighted by atomic mass is 10.1. The van der Waals surface area contributed by atoms with E-state index in [1.165, 1.54) is 24.8 Å². The molecule has 2 aromatic carbocycles. The number of alkyl halides is 3. The summed E-state index contributed by atoms with van der Waals surface area (Å²) in [6, 6.07) is 9.96. The van der Waals surface area contributed by atoms with Crippen LogP contribution in [0.4, 0.5) is 24.5 Å². The van der Waals surface area contributed by atoms with Crippen LogP contribution in [0.25, 0.3) is 0 Å². The van der Waals surface area contributed by atoms with Crippen molar-refractivity contribution in [3.05, 3.63) is 53.1 Å². The lowest BCUT2D eigenvalue weighted by Crippen LogP contribution is -2.24. The Balaban J connectivity index is 2.07. The number of nitrogens with one attached hydrogen (secondary N) is 2. The van der Waals surface area contributed by atoms with E-state index in [-0.39, 0.29) is 16.6 Å². The van der Waals surface area contributed by atoms with Gasteiger partial charge in [0.2, 0.25) is 11.8 Å². The molecule has 0 aliphatic carbocycles. The highest BCUT2D eigenvalue weighted by molar-refractivity contribution is 8.00. The fourth-order valence-corrected chi connectivity index (χ4v) is 3.21. The molecule has 27 heavy (non-hydrogen) atoms. The van der Waals surface area contributed by atoms with E-state index < -0.39 is 22.9 Å². The molecule has 144 valence electrons. The molecule has 0 heterocycles. The molecule has 2 N–H and O–H groups in total. The van der Waals surface area contributed by atoms with Crippen LogP contribution in [0.5, 0.6) is 0 Å². The number of hydrogen-bond donors (Lipinski definition) is 2. The Bertz CT molecular complexity index is 841. The van der Waals surface area contributed by atoms with Gasteiger partial charge in [0, 0.05) is 22.5 Å². The first-order chi connectivity index (χ1) is 12.6. The van der Waals surface area contributed by atoms with E-state index in [4.69, 9.17) is 11.6 Å². The second-order valence-corrected chi connectivity index (χ2v) is 7.49. The number of amides is 2. The maximum atomic E-state index is 13.1. The number of benzene rings is 2. The van der Waals surface area contributed by atoms with Crippen LogP contribution in [0.15, 0.2) is 47.4 Å². The SMILES string of the molecule is CC(=O)Nc1ccc(S[C@H](C)C(=O)Nc2ccc(Cl)cc2C(F)(F)F)cc1. The second-order valence-electron chi connectivity index (χ2n) is 5.64. The predicted octanol–water partition coefficient (Wildman–Crippen LogP) is 5.44. The van der Waals surface area contributed by atoms with Crippen molar-refractivity contribution in [2.45, 2.75) is 30.2 Å². The molecule has 0 saturated heterocycles. The van der Waals surface area contributed by atoms with E-state index in [2.05, 4.69) is 10.6 Å². The monoisotopic (exact) mass is 416 g/mol. The Hall–Kier alpha value is -2.19. The average molecular weight is 417 g/mol. The van der Waals surface area contributed by atoms with Gasteiger partial charge >= 0.3 is 6.18 Å². The third-order valence-corrected chi connectivity index (χ3v) is 4.75. The van der Waals surface area contributed by atoms with Gasteiger partial charge in [-0.3, -0.25) is 9.59 Å². The largest absolute Gasteiger partial charge is 0.418 e. The number of thioether (sulfide) groups is 1. The van der Waals surface area contributed by atoms with Crippen LogP contribution in [0.3, 0.4) is 0 Å². The number of carbonyl (C=O) groups is 2. The molecule has 0 radical (unpaired) electrons. The van der Waals surface area contributed by atoms with Crippen LogP contribution >= 0.6 is 23.4 Å². The first-order valence-corrected chi connectivity index (χ1v) is 9.04. The first-order valence-electron chi connectivity index (χ1n) is 7.78. The van der Waals surface area contributed by atoms with Crippen molar-refractivity contribution in [2.75, 3.05) is 10.6 Å². The van der Waals surface area contributed by atoms with Gasteiger partial charge in [-0.1, -0.05) is 11.6 Å². The molecule has 2 amide bonds. The maximum absolute atomic E-state index is 13.1. The Kier molecular flexibility index (Phi) is 6.78. The third kappa shape index (κ3) is 6.18. The van der Waals surface area contributed by atoms with E-state index in [1.54, 1.807) is 31.2 Å². The molecule has 2 rings (SSSR count). The highest BCUT2D eigenvalue weighted by atomic mass is 35.5. The molecule has 0 aromatic heterocycles. The quantitative estimate of drug-likeness (QED) is 0.638. The number of halogens is 4. The smallest absolute Gasteiger partial charge is 0.326 e. The van der Waals surface area contributed by atoms with Crippen molar-refractivity contribution >= 4 is 46.6 Å². The van der Waals surface area contributed by atoms with Gasteiger partial charge in [-0.25, -0.2) is 0 Å². The van der Waals surface area contributed by atoms with Gasteiger partial charge in [0.25, 0.3) is 0 Å². The summed E-state index contributed by atoms with van der Waals surface area (Å²) in [5.41, 5.74) is -0.731. The Morgan fingerprint density at radius 3 is 2.26 bits per heavy atom. The summed E-state index contributed by atoms with van der Waals surface area (Å²) in [5, 5.41) is 4.21. The summed E-state index contributed by atoms with van der Waals surface area (Å²) in [7, 11) is 0. The lowest BCUT2D eigenvalue weighted by Gasteiger charge is -2.16. The molecule has 0 bridgehead atoms. The van der Waals surface area contributed by atoms with Gasteiger partial charge in [0.15, 0.2) is 0 Å². The molecule has 4 nitrogen and oxygen atoms in total. The van der Waals surface area contributed by atoms with Crippen LogP contribution < -0.4 is 10.6 Å². The summed E-state index contributed by atoms with van der Waals surface area (Å²) >= 11 is 6.81. The molecule has 0 aliphatic rings. The summed E-state index contributed by atoms with van der Waals surface area (Å²) < 4.78 is 39.3. The number of hydrogen-bond acceptors (Lipinski definition) is 3. The number of anilines is 2. The average Bonchev–Trinajstić information content (AvgIpc) is 2.56. The zero-order chi connectivity index (χ0) is 20.2. The van der Waals surface area contributed by atoms with Crippen molar-refractivity contribution in [1.82, 2.24) is 0 Å². The zero-order valence-corrected chi connectivity index (χ0v) is 15.9. The summed E-state index contributed by atoms with van der Waals surface area (Å²) in [6.07, 6.45) is -4.64. The third-order valence-electron chi connectivity index (χ3n) is 3.40. The van der Waals surface area contributed by atoms with E-state index in [0.717, 1.165) is 17.0 Å². The van der Waals surface area contributed by atoms with E-state index in [9.17, 15) is 22.8 Å². The Morgan fingerprint density at radius 1 is 1.07 bits per heavy atom. The van der Waals surface area contributed by atoms with Gasteiger partial charge in [0.1, 0.15) is 0 Å². The fourth-order valence-electron chi connectivity index (χ4n) is 2.17. The van der Waals surface area contributed by atoms with Crippen molar-refractivity contribution in [1.29, 1.82) is 0 Å². The first kappa shape index (κ1) is 21.1. The minimum Gasteiger partial charge on any atom is -0.326 e. The minimum absolute atomic E-state index is 0.0676. The zero-order valence-electron chi connectivity index (χ0n) is 14.4. The molecule has 2 aromatic rings. The van der Waals surface area contributed by atoms with Crippen LogP contribution in [0.1, 0.15) is 19.4 Å². The second kappa shape index (κ2) is 8.67. The molecule has 0 aliphatic heterocycles. The van der Waals surface area contributed by atoms with Crippen LogP contribution in [-0.4, -0.2) is 17.1 Å². The molecule has 1 atom stereocenters. The van der Waals surface area contributed by atoms with Crippen molar-refractivity contribution in [2.24, 2.45) is 0 Å². The predicted molar refractivity (Wildman–Crippen MR) is 101 cm³/mol. The lowest BCUT2D eigenvalue weighted by molar-refractivity contribution is -0.137. The maximum Gasteiger partial charge on any atom is 0.418 e. The molecular weight excluding hydrogens is 401 g/mol. The number of carbonyl (C=O) groups excluding carboxylic acids is 2. The molecule has 0 saturated carbocycles. The van der Waals surface area contributed by atoms with E-state index >= 15 is 0 Å². The van der Waals surface area contributed by atoms with E-state index in [1.807, 2.05) is 0 Å². The Morgan fingerprint density at radius 2 is 1.70 bits per heavy atom. The van der Waals surface area contributed by atoms with Gasteiger partial charge < -0.3 is 10.6 Å². The van der Waals surface area contributed by atoms with Gasteiger partial charge in [-0.2, -0.15) is 13.2 Å². The van der Waals surface area contributed by atoms with E-state index in [0.29, 0.717) is 5.69 Å². The minimum atomic E-state index is -4.64. The molecule has 0 spiro atoms. The summed E-state index contributed by atoms with van der Waals surface area (Å²) in [5.74, 6) is -0.773. The fraction of sp³-hybridized carbons (Fsp3) is 0.222. The van der Waals surface area contributed by atoms with Crippen LogP contribution in [0.2, 0.25) is 5.02 Å². The molecule has 9 heteroatoms. The van der Waals surface area contributed by atoms with Gasteiger partial charge in [-0.05, 0) is 49.4 Å². The topological polar surface area (TPSA) is 58.2 Å². The molecular formula is C18H16ClF3N2O2S. The highest BCUT2D eigenvalue weighted by Crippen LogP contribution is 2.37. The van der Waals surface area contributed by atoms with Crippen LogP contribution in [0, 0.1) is 0 Å². The van der Waals surface area contributed by atoms with Gasteiger partial charge in [-0.15, -0.1) is 11.8 Å². The van der Waals surface area contributed by atoms with Crippen molar-refractivity contribution in [3.63, 3.8) is 0 Å². The highest BCUT2D eigenvalue weighted by Gasteiger charge is 2.34. The van der Waals surface area contributed by atoms with Crippen molar-refractivity contribution in [3.8, 4) is 0 Å². The molecule has 0 fully saturated rings. The summed E-state index contributed by atoms with van der Waals surface area (Å²) in [4.78, 5) is 24.0. The summed E-state index contributed by atoms with van der Waals surface area (Å²) in [6.45, 7) is 2.98. The molecule has 0 unspecified atom stereocenters. The normalized spacial score (nSPS) is 12.4.